The van der Waals surface area contributed by atoms with Gasteiger partial charge in [0.25, 0.3) is 5.91 Å². The number of rotatable bonds is 5. The number of hydrogen-bond acceptors (Lipinski definition) is 5. The van der Waals surface area contributed by atoms with E-state index in [0.29, 0.717) is 18.8 Å². The number of carboxylic acid groups (broad SMARTS) is 1. The maximum Gasteiger partial charge on any atom is 0.317 e. The number of carbonyl (C=O) groups excluding carboxylic acids is 1. The van der Waals surface area contributed by atoms with Gasteiger partial charge in [0, 0.05) is 12.5 Å². The van der Waals surface area contributed by atoms with E-state index in [2.05, 4.69) is 15.4 Å². The summed E-state index contributed by atoms with van der Waals surface area (Å²) in [5.41, 5.74) is -0.0747. The van der Waals surface area contributed by atoms with Crippen LogP contribution in [-0.4, -0.2) is 56.3 Å². The van der Waals surface area contributed by atoms with E-state index in [4.69, 9.17) is 5.11 Å². The zero-order valence-corrected chi connectivity index (χ0v) is 13.6. The molecule has 0 saturated heterocycles. The van der Waals surface area contributed by atoms with Crippen molar-refractivity contribution < 1.29 is 19.1 Å². The molecule has 3 rings (SSSR count). The summed E-state index contributed by atoms with van der Waals surface area (Å²) in [6, 6.07) is 5.71. The van der Waals surface area contributed by atoms with Crippen LogP contribution >= 0.6 is 0 Å². The minimum Gasteiger partial charge on any atom is -0.480 e. The fourth-order valence-corrected chi connectivity index (χ4v) is 2.86. The zero-order chi connectivity index (χ0) is 18.0. The molecule has 0 saturated carbocycles. The molecule has 2 aromatic rings. The van der Waals surface area contributed by atoms with Crippen molar-refractivity contribution in [3.63, 3.8) is 0 Å². The molecule has 8 nitrogen and oxygen atoms in total. The quantitative estimate of drug-likeness (QED) is 0.837. The Balaban J connectivity index is 1.69. The van der Waals surface area contributed by atoms with Crippen LogP contribution in [0.1, 0.15) is 22.6 Å². The molecule has 25 heavy (non-hydrogen) atoms. The minimum atomic E-state index is -0.885. The number of halogens is 1. The molecule has 0 radical (unpaired) electrons. The van der Waals surface area contributed by atoms with Crippen molar-refractivity contribution in [1.29, 1.82) is 0 Å². The van der Waals surface area contributed by atoms with Crippen LogP contribution < -0.4 is 5.32 Å². The normalized spacial score (nSPS) is 16.5. The van der Waals surface area contributed by atoms with E-state index in [1.54, 1.807) is 22.7 Å². The molecule has 2 N–H and O–H groups in total. The zero-order valence-electron chi connectivity index (χ0n) is 13.6. The monoisotopic (exact) mass is 347 g/mol. The summed E-state index contributed by atoms with van der Waals surface area (Å²) in [5.74, 6) is -1.28. The molecule has 132 valence electrons. The Kier molecular flexibility index (Phi) is 4.75. The Bertz CT molecular complexity index is 807. The van der Waals surface area contributed by atoms with Gasteiger partial charge in [0.2, 0.25) is 5.95 Å². The van der Waals surface area contributed by atoms with Crippen molar-refractivity contribution in [3.05, 3.63) is 41.5 Å². The summed E-state index contributed by atoms with van der Waals surface area (Å²) < 4.78 is 15.3. The van der Waals surface area contributed by atoms with Gasteiger partial charge >= 0.3 is 5.97 Å². The molecule has 0 aliphatic carbocycles. The smallest absolute Gasteiger partial charge is 0.317 e. The average Bonchev–Trinajstić information content (AvgIpc) is 2.95. The third-order valence-electron chi connectivity index (χ3n) is 4.19. The number of benzene rings is 1. The topological polar surface area (TPSA) is 100 Å². The summed E-state index contributed by atoms with van der Waals surface area (Å²) in [7, 11) is 1.75. The highest BCUT2D eigenvalue weighted by Crippen LogP contribution is 2.18. The highest BCUT2D eigenvalue weighted by molar-refractivity contribution is 6.03. The molecule has 1 aliphatic heterocycles. The maximum atomic E-state index is 13.7. The van der Waals surface area contributed by atoms with Crippen LogP contribution in [-0.2, 0) is 17.8 Å². The molecule has 1 aliphatic rings. The largest absolute Gasteiger partial charge is 0.480 e. The van der Waals surface area contributed by atoms with Crippen molar-refractivity contribution >= 4 is 17.8 Å². The first-order chi connectivity index (χ1) is 11.9. The number of hydrogen-bond donors (Lipinski definition) is 2. The molecule has 1 atom stereocenters. The van der Waals surface area contributed by atoms with Crippen LogP contribution in [0, 0.1) is 5.82 Å². The fraction of sp³-hybridized carbons (Fsp3) is 0.375. The number of likely N-dealkylation sites (N-methyl/N-ethyl adjacent to an activating group) is 1. The summed E-state index contributed by atoms with van der Waals surface area (Å²) in [6.45, 7) is 0.438. The van der Waals surface area contributed by atoms with Crippen molar-refractivity contribution in [1.82, 2.24) is 19.7 Å². The van der Waals surface area contributed by atoms with Gasteiger partial charge in [-0.2, -0.15) is 4.98 Å². The Hall–Kier alpha value is -2.81. The van der Waals surface area contributed by atoms with E-state index in [9.17, 15) is 14.0 Å². The number of fused-ring (bicyclic) bond motifs is 1. The molecule has 1 unspecified atom stereocenters. The van der Waals surface area contributed by atoms with Crippen LogP contribution in [0.3, 0.4) is 0 Å². The van der Waals surface area contributed by atoms with Crippen molar-refractivity contribution in [2.24, 2.45) is 0 Å². The van der Waals surface area contributed by atoms with Crippen LogP contribution in [0.4, 0.5) is 10.3 Å². The summed E-state index contributed by atoms with van der Waals surface area (Å²) in [4.78, 5) is 29.0. The lowest BCUT2D eigenvalue weighted by Gasteiger charge is -2.29. The van der Waals surface area contributed by atoms with E-state index in [1.807, 2.05) is 0 Å². The number of nitrogens with one attached hydrogen (secondary N) is 1. The number of aryl methyl sites for hydroxylation is 1. The van der Waals surface area contributed by atoms with Crippen molar-refractivity contribution in [3.8, 4) is 0 Å². The molecule has 0 spiro atoms. The second kappa shape index (κ2) is 6.98. The van der Waals surface area contributed by atoms with Gasteiger partial charge in [-0.05, 0) is 25.6 Å². The molecule has 1 aromatic heterocycles. The number of nitrogens with zero attached hydrogens (tertiary/aromatic N) is 4. The Morgan fingerprint density at radius 3 is 2.92 bits per heavy atom. The van der Waals surface area contributed by atoms with Crippen molar-refractivity contribution in [2.75, 3.05) is 18.9 Å². The predicted octanol–water partition coefficient (Wildman–Crippen LogP) is 1.00. The van der Waals surface area contributed by atoms with Crippen LogP contribution in [0.2, 0.25) is 0 Å². The first-order valence-electron chi connectivity index (χ1n) is 7.85. The average molecular weight is 347 g/mol. The number of amides is 1. The van der Waals surface area contributed by atoms with E-state index < -0.39 is 17.7 Å². The molecule has 1 amide bonds. The lowest BCUT2D eigenvalue weighted by molar-refractivity contribution is -0.138. The van der Waals surface area contributed by atoms with E-state index >= 15 is 0 Å². The molecular weight excluding hydrogens is 329 g/mol. The van der Waals surface area contributed by atoms with Crippen LogP contribution in [0.25, 0.3) is 0 Å². The predicted molar refractivity (Wildman–Crippen MR) is 86.8 cm³/mol. The van der Waals surface area contributed by atoms with Gasteiger partial charge in [-0.15, -0.1) is 5.10 Å². The number of anilines is 1. The number of carboxylic acids is 1. The molecule has 2 heterocycles. The van der Waals surface area contributed by atoms with Crippen molar-refractivity contribution in [2.45, 2.75) is 25.4 Å². The maximum absolute atomic E-state index is 13.7. The minimum absolute atomic E-state index is 0.0282. The molecular formula is C16H18FN5O3. The Labute approximate surface area is 143 Å². The SMILES string of the molecule is CN(CC(=O)O)C1CCc2nc(NC(=O)c3ccccc3F)nn2C1. The number of carbonyl (C=O) groups is 2. The number of aromatic nitrogens is 3. The molecule has 1 aromatic carbocycles. The van der Waals surface area contributed by atoms with Crippen LogP contribution in [0.5, 0.6) is 0 Å². The Morgan fingerprint density at radius 1 is 1.44 bits per heavy atom. The van der Waals surface area contributed by atoms with E-state index in [1.165, 1.54) is 18.2 Å². The third kappa shape index (κ3) is 3.82. The second-order valence-corrected chi connectivity index (χ2v) is 5.97. The van der Waals surface area contributed by atoms with E-state index in [-0.39, 0.29) is 24.1 Å². The number of aliphatic carboxylic acids is 1. The standard InChI is InChI=1S/C16H18FN5O3/c1-21(9-14(23)24)10-6-7-13-18-16(20-22(13)8-10)19-15(25)11-4-2-3-5-12(11)17/h2-5,10H,6-9H2,1H3,(H,23,24)(H,19,20,25). The molecule has 9 heteroatoms. The van der Waals surface area contributed by atoms with Crippen LogP contribution in [0.15, 0.2) is 24.3 Å². The van der Waals surface area contributed by atoms with Gasteiger partial charge in [-0.3, -0.25) is 19.8 Å². The summed E-state index contributed by atoms with van der Waals surface area (Å²) in [6.07, 6.45) is 1.38. The lowest BCUT2D eigenvalue weighted by Crippen LogP contribution is -2.41. The first kappa shape index (κ1) is 17.0. The highest BCUT2D eigenvalue weighted by atomic mass is 19.1. The lowest BCUT2D eigenvalue weighted by atomic mass is 10.1. The molecule has 0 fully saturated rings. The third-order valence-corrected chi connectivity index (χ3v) is 4.19. The van der Waals surface area contributed by atoms with Gasteiger partial charge < -0.3 is 5.11 Å². The summed E-state index contributed by atoms with van der Waals surface area (Å²) >= 11 is 0. The summed E-state index contributed by atoms with van der Waals surface area (Å²) in [5, 5.41) is 15.6. The van der Waals surface area contributed by atoms with Gasteiger partial charge in [-0.25, -0.2) is 9.07 Å². The van der Waals surface area contributed by atoms with Gasteiger partial charge in [0.1, 0.15) is 11.6 Å². The molecule has 0 bridgehead atoms. The van der Waals surface area contributed by atoms with Gasteiger partial charge in [-0.1, -0.05) is 12.1 Å². The fourth-order valence-electron chi connectivity index (χ4n) is 2.86. The second-order valence-electron chi connectivity index (χ2n) is 5.97. The van der Waals surface area contributed by atoms with E-state index in [0.717, 1.165) is 6.42 Å². The Morgan fingerprint density at radius 2 is 2.20 bits per heavy atom. The highest BCUT2D eigenvalue weighted by Gasteiger charge is 2.26. The van der Waals surface area contributed by atoms with Gasteiger partial charge in [0.15, 0.2) is 0 Å². The van der Waals surface area contributed by atoms with Gasteiger partial charge in [0.05, 0.1) is 18.7 Å². The first-order valence-corrected chi connectivity index (χ1v) is 7.85.